The van der Waals surface area contributed by atoms with Crippen molar-refractivity contribution < 1.29 is 8.78 Å². The maximum absolute atomic E-state index is 13.7. The van der Waals surface area contributed by atoms with E-state index in [0.29, 0.717) is 11.6 Å². The fourth-order valence-corrected chi connectivity index (χ4v) is 4.45. The zero-order valence-electron chi connectivity index (χ0n) is 16.9. The SMILES string of the molecule is CCC1c2c(c3cc(C)ccc3n2/C=C(/C)c2ccc(F)c(F)c2)CCN1C. The number of hydrogen-bond donors (Lipinski definition) is 0. The van der Waals surface area contributed by atoms with Gasteiger partial charge in [0.05, 0.1) is 11.6 Å². The van der Waals surface area contributed by atoms with Crippen LogP contribution < -0.4 is 0 Å². The van der Waals surface area contributed by atoms with E-state index in [0.717, 1.165) is 25.0 Å². The van der Waals surface area contributed by atoms with Crippen molar-refractivity contribution in [2.45, 2.75) is 39.7 Å². The lowest BCUT2D eigenvalue weighted by atomic mass is 9.96. The van der Waals surface area contributed by atoms with E-state index in [4.69, 9.17) is 0 Å². The molecule has 0 saturated carbocycles. The Balaban J connectivity index is 1.95. The van der Waals surface area contributed by atoms with Crippen molar-refractivity contribution in [3.05, 3.63) is 70.4 Å². The number of allylic oxidation sites excluding steroid dienone is 1. The van der Waals surface area contributed by atoms with Gasteiger partial charge in [-0.15, -0.1) is 0 Å². The van der Waals surface area contributed by atoms with Crippen molar-refractivity contribution in [3.63, 3.8) is 0 Å². The Labute approximate surface area is 165 Å². The molecule has 4 heteroatoms. The van der Waals surface area contributed by atoms with E-state index in [-0.39, 0.29) is 0 Å². The third kappa shape index (κ3) is 3.06. The largest absolute Gasteiger partial charge is 0.318 e. The lowest BCUT2D eigenvalue weighted by molar-refractivity contribution is 0.220. The Morgan fingerprint density at radius 2 is 1.93 bits per heavy atom. The third-order valence-electron chi connectivity index (χ3n) is 5.95. The maximum atomic E-state index is 13.7. The molecule has 0 radical (unpaired) electrons. The third-order valence-corrected chi connectivity index (χ3v) is 5.95. The smallest absolute Gasteiger partial charge is 0.159 e. The molecule has 2 nitrogen and oxygen atoms in total. The summed E-state index contributed by atoms with van der Waals surface area (Å²) in [6, 6.07) is 11.0. The fourth-order valence-electron chi connectivity index (χ4n) is 4.45. The average molecular weight is 380 g/mol. The van der Waals surface area contributed by atoms with Gasteiger partial charge in [-0.3, -0.25) is 4.90 Å². The lowest BCUT2D eigenvalue weighted by Crippen LogP contribution is -2.32. The second-order valence-corrected chi connectivity index (χ2v) is 7.85. The molecule has 1 atom stereocenters. The van der Waals surface area contributed by atoms with Crippen LogP contribution in [0.2, 0.25) is 0 Å². The molecule has 4 rings (SSSR count). The van der Waals surface area contributed by atoms with Crippen molar-refractivity contribution in [3.8, 4) is 0 Å². The van der Waals surface area contributed by atoms with Crippen LogP contribution in [-0.4, -0.2) is 23.1 Å². The molecule has 0 saturated heterocycles. The first-order chi connectivity index (χ1) is 13.4. The molecule has 3 aromatic rings. The first-order valence-electron chi connectivity index (χ1n) is 9.88. The molecule has 0 fully saturated rings. The number of aromatic nitrogens is 1. The van der Waals surface area contributed by atoms with Crippen LogP contribution in [0.4, 0.5) is 8.78 Å². The van der Waals surface area contributed by atoms with Gasteiger partial charge in [-0.1, -0.05) is 24.6 Å². The second kappa shape index (κ2) is 7.17. The molecule has 1 aromatic heterocycles. The van der Waals surface area contributed by atoms with E-state index < -0.39 is 11.6 Å². The van der Waals surface area contributed by atoms with Crippen LogP contribution in [0.15, 0.2) is 36.4 Å². The number of hydrogen-bond acceptors (Lipinski definition) is 1. The van der Waals surface area contributed by atoms with Crippen LogP contribution in [0.3, 0.4) is 0 Å². The first kappa shape index (κ1) is 18.9. The minimum absolute atomic E-state index is 0.338. The van der Waals surface area contributed by atoms with Gasteiger partial charge in [0.15, 0.2) is 11.6 Å². The quantitative estimate of drug-likeness (QED) is 0.526. The van der Waals surface area contributed by atoms with Crippen molar-refractivity contribution >= 4 is 22.7 Å². The van der Waals surface area contributed by atoms with E-state index in [9.17, 15) is 8.78 Å². The lowest BCUT2D eigenvalue weighted by Gasteiger charge is -2.33. The molecule has 2 heterocycles. The standard InChI is InChI=1S/C24H26F2N2/c1-5-22-24-18(10-11-27(22)4)19-12-15(2)6-9-23(19)28(24)14-16(3)17-7-8-20(25)21(26)13-17/h6-9,12-14,22H,5,10-11H2,1-4H3/b16-14-. The van der Waals surface area contributed by atoms with Crippen LogP contribution in [0.25, 0.3) is 22.7 Å². The van der Waals surface area contributed by atoms with Gasteiger partial charge in [-0.25, -0.2) is 8.78 Å². The summed E-state index contributed by atoms with van der Waals surface area (Å²) in [6.07, 6.45) is 4.12. The van der Waals surface area contributed by atoms with E-state index in [1.54, 1.807) is 6.07 Å². The van der Waals surface area contributed by atoms with Crippen LogP contribution in [0.1, 0.15) is 48.7 Å². The summed E-state index contributed by atoms with van der Waals surface area (Å²) in [5, 5.41) is 1.30. The topological polar surface area (TPSA) is 8.17 Å². The Hall–Kier alpha value is -2.46. The number of fused-ring (bicyclic) bond motifs is 3. The first-order valence-corrected chi connectivity index (χ1v) is 9.88. The van der Waals surface area contributed by atoms with E-state index >= 15 is 0 Å². The molecular formula is C24H26F2N2. The van der Waals surface area contributed by atoms with Crippen molar-refractivity contribution in [1.29, 1.82) is 0 Å². The summed E-state index contributed by atoms with van der Waals surface area (Å²) in [5.41, 5.74) is 6.75. The number of halogens is 2. The number of benzene rings is 2. The molecule has 0 bridgehead atoms. The minimum atomic E-state index is -0.816. The van der Waals surface area contributed by atoms with Crippen LogP contribution >= 0.6 is 0 Å². The van der Waals surface area contributed by atoms with E-state index in [2.05, 4.69) is 54.8 Å². The Morgan fingerprint density at radius 1 is 1.14 bits per heavy atom. The van der Waals surface area contributed by atoms with Crippen molar-refractivity contribution in [2.75, 3.05) is 13.6 Å². The summed E-state index contributed by atoms with van der Waals surface area (Å²) in [5.74, 6) is -1.63. The van der Waals surface area contributed by atoms with Crippen LogP contribution in [0, 0.1) is 18.6 Å². The van der Waals surface area contributed by atoms with E-state index in [1.165, 1.54) is 39.9 Å². The summed E-state index contributed by atoms with van der Waals surface area (Å²) in [4.78, 5) is 2.41. The molecule has 146 valence electrons. The second-order valence-electron chi connectivity index (χ2n) is 7.85. The summed E-state index contributed by atoms with van der Waals surface area (Å²) in [7, 11) is 2.18. The average Bonchev–Trinajstić information content (AvgIpc) is 2.97. The van der Waals surface area contributed by atoms with E-state index in [1.807, 2.05) is 6.92 Å². The van der Waals surface area contributed by atoms with Gasteiger partial charge in [0.25, 0.3) is 0 Å². The zero-order chi connectivity index (χ0) is 20.0. The molecule has 0 spiro atoms. The van der Waals surface area contributed by atoms with Crippen molar-refractivity contribution in [1.82, 2.24) is 9.47 Å². The summed E-state index contributed by atoms with van der Waals surface area (Å²) >= 11 is 0. The van der Waals surface area contributed by atoms with Gasteiger partial charge < -0.3 is 4.57 Å². The molecule has 0 N–H and O–H groups in total. The predicted octanol–water partition coefficient (Wildman–Crippen LogP) is 6.18. The normalized spacial score (nSPS) is 17.9. The molecule has 0 aliphatic carbocycles. The van der Waals surface area contributed by atoms with Crippen molar-refractivity contribution in [2.24, 2.45) is 0 Å². The Kier molecular flexibility index (Phi) is 4.84. The molecular weight excluding hydrogens is 354 g/mol. The van der Waals surface area contributed by atoms with Crippen LogP contribution in [-0.2, 0) is 6.42 Å². The molecule has 28 heavy (non-hydrogen) atoms. The summed E-state index contributed by atoms with van der Waals surface area (Å²) in [6.45, 7) is 7.34. The number of rotatable bonds is 3. The van der Waals surface area contributed by atoms with Gasteiger partial charge in [-0.2, -0.15) is 0 Å². The summed E-state index contributed by atoms with van der Waals surface area (Å²) < 4.78 is 29.4. The predicted molar refractivity (Wildman–Crippen MR) is 112 cm³/mol. The highest BCUT2D eigenvalue weighted by atomic mass is 19.2. The monoisotopic (exact) mass is 380 g/mol. The molecule has 1 aliphatic heterocycles. The molecule has 2 aromatic carbocycles. The highest BCUT2D eigenvalue weighted by Gasteiger charge is 2.29. The zero-order valence-corrected chi connectivity index (χ0v) is 16.9. The maximum Gasteiger partial charge on any atom is 0.159 e. The molecule has 1 aliphatic rings. The Morgan fingerprint density at radius 3 is 2.64 bits per heavy atom. The van der Waals surface area contributed by atoms with Crippen LogP contribution in [0.5, 0.6) is 0 Å². The van der Waals surface area contributed by atoms with Gasteiger partial charge in [0.2, 0.25) is 0 Å². The van der Waals surface area contributed by atoms with Gasteiger partial charge >= 0.3 is 0 Å². The molecule has 1 unspecified atom stereocenters. The molecule has 0 amide bonds. The fraction of sp³-hybridized carbons (Fsp3) is 0.333. The van der Waals surface area contributed by atoms with Gasteiger partial charge in [0, 0.05) is 23.8 Å². The number of nitrogens with zero attached hydrogens (tertiary/aromatic N) is 2. The Bertz CT molecular complexity index is 1080. The highest BCUT2D eigenvalue weighted by Crippen LogP contribution is 2.39. The van der Waals surface area contributed by atoms with Gasteiger partial charge in [-0.05, 0) is 74.7 Å². The minimum Gasteiger partial charge on any atom is -0.318 e. The number of aryl methyl sites for hydroxylation is 1. The highest BCUT2D eigenvalue weighted by molar-refractivity contribution is 5.90. The number of likely N-dealkylation sites (N-methyl/N-ethyl adjacent to an activating group) is 1. The van der Waals surface area contributed by atoms with Gasteiger partial charge in [0.1, 0.15) is 0 Å².